The summed E-state index contributed by atoms with van der Waals surface area (Å²) in [4.78, 5) is 12.2. The summed E-state index contributed by atoms with van der Waals surface area (Å²) in [7, 11) is 0. The maximum atomic E-state index is 12.2. The van der Waals surface area contributed by atoms with Crippen LogP contribution < -0.4 is 9.47 Å². The fraction of sp³-hybridized carbons (Fsp3) is 0.190. The van der Waals surface area contributed by atoms with Gasteiger partial charge in [0.2, 0.25) is 0 Å². The SMILES string of the molecule is CC(C)c1ccccc1OCC(=O)Oc1ccc(Cl)c2ccccc12. The van der Waals surface area contributed by atoms with Crippen molar-refractivity contribution in [1.82, 2.24) is 0 Å². The molecule has 0 spiro atoms. The fourth-order valence-electron chi connectivity index (χ4n) is 2.70. The Morgan fingerprint density at radius 1 is 0.920 bits per heavy atom. The molecule has 0 fully saturated rings. The largest absolute Gasteiger partial charge is 0.482 e. The second-order valence-electron chi connectivity index (χ2n) is 6.05. The molecule has 0 amide bonds. The van der Waals surface area contributed by atoms with Crippen molar-refractivity contribution in [1.29, 1.82) is 0 Å². The predicted molar refractivity (Wildman–Crippen MR) is 101 cm³/mol. The Morgan fingerprint density at radius 3 is 2.36 bits per heavy atom. The average molecular weight is 355 g/mol. The lowest BCUT2D eigenvalue weighted by molar-refractivity contribution is -0.136. The van der Waals surface area contributed by atoms with Crippen LogP contribution in [0.2, 0.25) is 5.02 Å². The van der Waals surface area contributed by atoms with Crippen molar-refractivity contribution in [3.8, 4) is 11.5 Å². The standard InChI is InChI=1S/C21H19ClO3/c1-14(2)15-7-5-6-10-19(15)24-13-21(23)25-20-12-11-18(22)16-8-3-4-9-17(16)20/h3-12,14H,13H2,1-2H3. The zero-order valence-corrected chi connectivity index (χ0v) is 14.9. The van der Waals surface area contributed by atoms with Gasteiger partial charge in [0.25, 0.3) is 0 Å². The molecule has 128 valence electrons. The zero-order chi connectivity index (χ0) is 17.8. The second kappa shape index (κ2) is 7.58. The normalized spacial score (nSPS) is 10.9. The Bertz CT molecular complexity index is 903. The van der Waals surface area contributed by atoms with Crippen molar-refractivity contribution >= 4 is 28.3 Å². The van der Waals surface area contributed by atoms with Gasteiger partial charge in [-0.2, -0.15) is 0 Å². The molecule has 4 heteroatoms. The fourth-order valence-corrected chi connectivity index (χ4v) is 2.93. The lowest BCUT2D eigenvalue weighted by atomic mass is 10.0. The van der Waals surface area contributed by atoms with Gasteiger partial charge in [-0.3, -0.25) is 0 Å². The lowest BCUT2D eigenvalue weighted by Gasteiger charge is -2.14. The topological polar surface area (TPSA) is 35.5 Å². The van der Waals surface area contributed by atoms with Crippen LogP contribution >= 0.6 is 11.6 Å². The second-order valence-corrected chi connectivity index (χ2v) is 6.45. The van der Waals surface area contributed by atoms with Crippen LogP contribution in [0, 0.1) is 0 Å². The number of ether oxygens (including phenoxy) is 2. The minimum absolute atomic E-state index is 0.152. The molecule has 0 N–H and O–H groups in total. The molecule has 3 aromatic rings. The molecule has 0 aliphatic heterocycles. The number of halogens is 1. The van der Waals surface area contributed by atoms with Gasteiger partial charge in [-0.1, -0.05) is 67.9 Å². The third kappa shape index (κ3) is 3.94. The molecule has 0 radical (unpaired) electrons. The Labute approximate surface area is 152 Å². The summed E-state index contributed by atoms with van der Waals surface area (Å²) >= 11 is 6.19. The molecular formula is C21H19ClO3. The molecule has 3 rings (SSSR count). The number of benzene rings is 3. The number of carbonyl (C=O) groups is 1. The highest BCUT2D eigenvalue weighted by Gasteiger charge is 2.13. The highest BCUT2D eigenvalue weighted by molar-refractivity contribution is 6.35. The molecule has 0 aromatic heterocycles. The van der Waals surface area contributed by atoms with E-state index in [2.05, 4.69) is 13.8 Å². The maximum Gasteiger partial charge on any atom is 0.349 e. The van der Waals surface area contributed by atoms with Crippen molar-refractivity contribution in [2.75, 3.05) is 6.61 Å². The highest BCUT2D eigenvalue weighted by atomic mass is 35.5. The molecule has 0 saturated heterocycles. The van der Waals surface area contributed by atoms with Crippen LogP contribution in [-0.4, -0.2) is 12.6 Å². The third-order valence-corrected chi connectivity index (χ3v) is 4.27. The molecule has 0 aliphatic rings. The van der Waals surface area contributed by atoms with E-state index < -0.39 is 5.97 Å². The Balaban J connectivity index is 1.73. The molecule has 0 atom stereocenters. The van der Waals surface area contributed by atoms with E-state index in [0.717, 1.165) is 16.3 Å². The highest BCUT2D eigenvalue weighted by Crippen LogP contribution is 2.31. The molecule has 0 heterocycles. The van der Waals surface area contributed by atoms with Gasteiger partial charge in [0.05, 0.1) is 0 Å². The molecule has 0 aliphatic carbocycles. The number of esters is 1. The summed E-state index contributed by atoms with van der Waals surface area (Å²) in [6, 6.07) is 18.7. The van der Waals surface area contributed by atoms with Crippen molar-refractivity contribution in [2.45, 2.75) is 19.8 Å². The number of hydrogen-bond acceptors (Lipinski definition) is 3. The Hall–Kier alpha value is -2.52. The molecule has 0 saturated carbocycles. The first kappa shape index (κ1) is 17.3. The first-order valence-corrected chi connectivity index (χ1v) is 8.53. The Morgan fingerprint density at radius 2 is 1.60 bits per heavy atom. The monoisotopic (exact) mass is 354 g/mol. The first-order chi connectivity index (χ1) is 12.1. The molecule has 3 nitrogen and oxygen atoms in total. The van der Waals surface area contributed by atoms with Crippen molar-refractivity contribution in [3.63, 3.8) is 0 Å². The predicted octanol–water partition coefficient (Wildman–Crippen LogP) is 5.60. The van der Waals surface area contributed by atoms with Gasteiger partial charge in [0.1, 0.15) is 11.5 Å². The van der Waals surface area contributed by atoms with Crippen LogP contribution in [0.5, 0.6) is 11.5 Å². The first-order valence-electron chi connectivity index (χ1n) is 8.16. The molecule has 0 unspecified atom stereocenters. The summed E-state index contributed by atoms with van der Waals surface area (Å²) in [6.45, 7) is 4.02. The van der Waals surface area contributed by atoms with Gasteiger partial charge in [0, 0.05) is 15.8 Å². The van der Waals surface area contributed by atoms with E-state index >= 15 is 0 Å². The van der Waals surface area contributed by atoms with Crippen LogP contribution in [0.3, 0.4) is 0 Å². The molecule has 0 bridgehead atoms. The van der Waals surface area contributed by atoms with E-state index in [1.54, 1.807) is 12.1 Å². The van der Waals surface area contributed by atoms with E-state index in [-0.39, 0.29) is 6.61 Å². The van der Waals surface area contributed by atoms with E-state index in [1.165, 1.54) is 0 Å². The van der Waals surface area contributed by atoms with E-state index in [1.807, 2.05) is 48.5 Å². The minimum Gasteiger partial charge on any atom is -0.482 e. The van der Waals surface area contributed by atoms with Crippen LogP contribution in [0.15, 0.2) is 60.7 Å². The summed E-state index contributed by atoms with van der Waals surface area (Å²) in [5.41, 5.74) is 1.06. The van der Waals surface area contributed by atoms with Gasteiger partial charge >= 0.3 is 5.97 Å². The zero-order valence-electron chi connectivity index (χ0n) is 14.2. The van der Waals surface area contributed by atoms with Crippen molar-refractivity contribution in [2.24, 2.45) is 0 Å². The summed E-state index contributed by atoms with van der Waals surface area (Å²) in [6.07, 6.45) is 0. The van der Waals surface area contributed by atoms with Gasteiger partial charge in [0.15, 0.2) is 6.61 Å². The lowest BCUT2D eigenvalue weighted by Crippen LogP contribution is -2.18. The smallest absolute Gasteiger partial charge is 0.349 e. The van der Waals surface area contributed by atoms with Crippen LogP contribution in [0.4, 0.5) is 0 Å². The van der Waals surface area contributed by atoms with Crippen LogP contribution in [0.1, 0.15) is 25.3 Å². The number of hydrogen-bond donors (Lipinski definition) is 0. The molecule has 3 aromatic carbocycles. The van der Waals surface area contributed by atoms with E-state index in [4.69, 9.17) is 21.1 Å². The van der Waals surface area contributed by atoms with Gasteiger partial charge in [-0.15, -0.1) is 0 Å². The average Bonchev–Trinajstić information content (AvgIpc) is 2.63. The van der Waals surface area contributed by atoms with Crippen LogP contribution in [0.25, 0.3) is 10.8 Å². The number of carbonyl (C=O) groups excluding carboxylic acids is 1. The molecular weight excluding hydrogens is 336 g/mol. The van der Waals surface area contributed by atoms with Crippen molar-refractivity contribution in [3.05, 3.63) is 71.2 Å². The van der Waals surface area contributed by atoms with Gasteiger partial charge in [-0.05, 0) is 29.7 Å². The quantitative estimate of drug-likeness (QED) is 0.442. The minimum atomic E-state index is -0.453. The third-order valence-electron chi connectivity index (χ3n) is 3.94. The summed E-state index contributed by atoms with van der Waals surface area (Å²) in [5.74, 6) is 1.04. The van der Waals surface area contributed by atoms with Crippen molar-refractivity contribution < 1.29 is 14.3 Å². The summed E-state index contributed by atoms with van der Waals surface area (Å²) in [5, 5.41) is 2.27. The summed E-state index contributed by atoms with van der Waals surface area (Å²) < 4.78 is 11.1. The van der Waals surface area contributed by atoms with Gasteiger partial charge in [-0.25, -0.2) is 4.79 Å². The number of para-hydroxylation sites is 1. The Kier molecular flexibility index (Phi) is 5.25. The van der Waals surface area contributed by atoms with E-state index in [0.29, 0.717) is 22.4 Å². The van der Waals surface area contributed by atoms with Crippen LogP contribution in [-0.2, 0) is 4.79 Å². The number of rotatable bonds is 5. The molecule has 25 heavy (non-hydrogen) atoms. The van der Waals surface area contributed by atoms with Gasteiger partial charge < -0.3 is 9.47 Å². The van der Waals surface area contributed by atoms with E-state index in [9.17, 15) is 4.79 Å². The number of fused-ring (bicyclic) bond motifs is 1. The maximum absolute atomic E-state index is 12.2.